The fraction of sp³-hybridized carbons (Fsp3) is 0.333. The first-order valence-electron chi connectivity index (χ1n) is 12.2. The van der Waals surface area contributed by atoms with Crippen LogP contribution in [0.25, 0.3) is 17.1 Å². The van der Waals surface area contributed by atoms with Gasteiger partial charge in [-0.1, -0.05) is 18.2 Å². The summed E-state index contributed by atoms with van der Waals surface area (Å²) in [5, 5.41) is 8.77. The molecule has 3 aliphatic rings. The molecule has 0 radical (unpaired) electrons. The second kappa shape index (κ2) is 7.38. The zero-order chi connectivity index (χ0) is 22.8. The Morgan fingerprint density at radius 2 is 1.94 bits per heavy atom. The number of carbonyl (C=O) groups is 1. The Morgan fingerprint density at radius 1 is 1.03 bits per heavy atom. The van der Waals surface area contributed by atoms with Crippen LogP contribution >= 0.6 is 0 Å². The number of imidazole rings is 1. The lowest BCUT2D eigenvalue weighted by Gasteiger charge is -2.30. The van der Waals surface area contributed by atoms with Crippen LogP contribution in [-0.2, 0) is 19.4 Å². The molecule has 2 aliphatic heterocycles. The van der Waals surface area contributed by atoms with Gasteiger partial charge in [-0.15, -0.1) is 10.2 Å². The fourth-order valence-corrected chi connectivity index (χ4v) is 5.40. The molecule has 0 spiro atoms. The van der Waals surface area contributed by atoms with E-state index in [4.69, 9.17) is 0 Å². The highest BCUT2D eigenvalue weighted by molar-refractivity contribution is 6.08. The minimum absolute atomic E-state index is 0.0497. The minimum atomic E-state index is 0.0497. The summed E-state index contributed by atoms with van der Waals surface area (Å²) in [5.74, 6) is 2.60. The predicted molar refractivity (Wildman–Crippen MR) is 129 cm³/mol. The Hall–Kier alpha value is -3.74. The highest BCUT2D eigenvalue weighted by atomic mass is 16.2. The highest BCUT2D eigenvalue weighted by Crippen LogP contribution is 2.39. The van der Waals surface area contributed by atoms with E-state index in [-0.39, 0.29) is 5.91 Å². The van der Waals surface area contributed by atoms with Crippen LogP contribution in [0, 0.1) is 6.92 Å². The van der Waals surface area contributed by atoms with Crippen LogP contribution in [-0.4, -0.2) is 36.8 Å². The quantitative estimate of drug-likeness (QED) is 0.460. The summed E-state index contributed by atoms with van der Waals surface area (Å²) in [6, 6.07) is 12.4. The van der Waals surface area contributed by atoms with Gasteiger partial charge < -0.3 is 14.0 Å². The molecular formula is C27H26N6O. The number of aromatic nitrogens is 5. The van der Waals surface area contributed by atoms with Gasteiger partial charge in [0.1, 0.15) is 5.82 Å². The Bertz CT molecular complexity index is 1440. The van der Waals surface area contributed by atoms with Crippen molar-refractivity contribution >= 4 is 11.6 Å². The van der Waals surface area contributed by atoms with Gasteiger partial charge in [0.2, 0.25) is 0 Å². The van der Waals surface area contributed by atoms with Gasteiger partial charge in [0.05, 0.1) is 17.7 Å². The summed E-state index contributed by atoms with van der Waals surface area (Å²) in [6.07, 6.45) is 9.39. The molecule has 4 heterocycles. The molecule has 7 rings (SSSR count). The molecule has 1 aliphatic carbocycles. The van der Waals surface area contributed by atoms with Crippen LogP contribution in [0.4, 0.5) is 5.69 Å². The number of carbonyl (C=O) groups excluding carboxylic acids is 1. The van der Waals surface area contributed by atoms with E-state index in [1.54, 1.807) is 0 Å². The first-order chi connectivity index (χ1) is 16.7. The summed E-state index contributed by atoms with van der Waals surface area (Å²) < 4.78 is 4.27. The third-order valence-corrected chi connectivity index (χ3v) is 7.40. The first-order valence-corrected chi connectivity index (χ1v) is 12.2. The monoisotopic (exact) mass is 450 g/mol. The molecule has 7 heteroatoms. The number of hydrogen-bond acceptors (Lipinski definition) is 4. The summed E-state index contributed by atoms with van der Waals surface area (Å²) in [6.45, 7) is 3.74. The molecule has 0 N–H and O–H groups in total. The predicted octanol–water partition coefficient (Wildman–Crippen LogP) is 4.47. The number of fused-ring (bicyclic) bond motifs is 2. The zero-order valence-electron chi connectivity index (χ0n) is 19.2. The van der Waals surface area contributed by atoms with Crippen LogP contribution < -0.4 is 4.90 Å². The van der Waals surface area contributed by atoms with Crippen molar-refractivity contribution < 1.29 is 4.79 Å². The van der Waals surface area contributed by atoms with E-state index in [9.17, 15) is 4.79 Å². The summed E-state index contributed by atoms with van der Waals surface area (Å²) in [4.78, 5) is 20.2. The second-order valence-corrected chi connectivity index (χ2v) is 9.73. The van der Waals surface area contributed by atoms with Crippen molar-refractivity contribution in [2.75, 3.05) is 11.4 Å². The molecule has 1 amide bonds. The van der Waals surface area contributed by atoms with E-state index in [1.165, 1.54) is 18.4 Å². The Kier molecular flexibility index (Phi) is 4.28. The maximum absolute atomic E-state index is 13.7. The maximum atomic E-state index is 13.7. The maximum Gasteiger partial charge on any atom is 0.258 e. The third kappa shape index (κ3) is 3.10. The van der Waals surface area contributed by atoms with Crippen LogP contribution in [0.15, 0.2) is 48.9 Å². The van der Waals surface area contributed by atoms with Gasteiger partial charge in [0.15, 0.2) is 5.82 Å². The lowest BCUT2D eigenvalue weighted by molar-refractivity contribution is 0.0980. The summed E-state index contributed by atoms with van der Waals surface area (Å²) >= 11 is 0. The van der Waals surface area contributed by atoms with Crippen molar-refractivity contribution in [2.45, 2.75) is 51.5 Å². The third-order valence-electron chi connectivity index (χ3n) is 7.40. The highest BCUT2D eigenvalue weighted by Gasteiger charge is 2.29. The van der Waals surface area contributed by atoms with Crippen molar-refractivity contribution in [3.63, 3.8) is 0 Å². The lowest BCUT2D eigenvalue weighted by atomic mass is 9.95. The number of nitrogens with zero attached hydrogens (tertiary/aromatic N) is 6. The molecule has 7 nitrogen and oxygen atoms in total. The van der Waals surface area contributed by atoms with Gasteiger partial charge in [-0.2, -0.15) is 0 Å². The van der Waals surface area contributed by atoms with Crippen LogP contribution in [0.3, 0.4) is 0 Å². The van der Waals surface area contributed by atoms with E-state index in [0.29, 0.717) is 12.5 Å². The molecule has 2 aromatic carbocycles. The second-order valence-electron chi connectivity index (χ2n) is 9.73. The standard InChI is InChI=1S/C27H26N6O/c1-17-12-19-9-11-32(21-5-2-4-20(13-21)26-30-29-25-6-3-10-33(25)26)27(34)22(19)14-24(17)31-15-23(28-16-31)18-7-8-18/h2,4-5,12-16,18H,3,6-11H2,1H3. The number of hydrogen-bond donors (Lipinski definition) is 0. The van der Waals surface area contributed by atoms with Crippen molar-refractivity contribution in [1.82, 2.24) is 24.3 Å². The largest absolute Gasteiger partial charge is 0.311 e. The lowest BCUT2D eigenvalue weighted by Crippen LogP contribution is -2.37. The number of anilines is 1. The first kappa shape index (κ1) is 19.7. The van der Waals surface area contributed by atoms with Gasteiger partial charge in [-0.25, -0.2) is 4.98 Å². The van der Waals surface area contributed by atoms with Gasteiger partial charge in [-0.3, -0.25) is 4.79 Å². The van der Waals surface area contributed by atoms with Crippen LogP contribution in [0.1, 0.15) is 58.2 Å². The molecule has 1 fully saturated rings. The van der Waals surface area contributed by atoms with Gasteiger partial charge in [-0.05, 0) is 61.9 Å². The van der Waals surface area contributed by atoms with Gasteiger partial charge >= 0.3 is 0 Å². The van der Waals surface area contributed by atoms with Crippen LogP contribution in [0.5, 0.6) is 0 Å². The number of rotatable bonds is 4. The van der Waals surface area contributed by atoms with E-state index in [0.717, 1.165) is 71.2 Å². The Balaban J connectivity index is 1.23. The molecular weight excluding hydrogens is 424 g/mol. The van der Waals surface area contributed by atoms with Gasteiger partial charge in [0, 0.05) is 48.4 Å². The number of aryl methyl sites for hydroxylation is 2. The molecule has 0 atom stereocenters. The summed E-state index contributed by atoms with van der Waals surface area (Å²) in [5.41, 5.74) is 7.17. The molecule has 34 heavy (non-hydrogen) atoms. The van der Waals surface area contributed by atoms with Crippen molar-refractivity contribution in [3.8, 4) is 17.1 Å². The topological polar surface area (TPSA) is 68.8 Å². The van der Waals surface area contributed by atoms with Gasteiger partial charge in [0.25, 0.3) is 5.91 Å². The molecule has 4 aromatic rings. The van der Waals surface area contributed by atoms with Crippen molar-refractivity contribution in [2.24, 2.45) is 0 Å². The molecule has 0 bridgehead atoms. The summed E-state index contributed by atoms with van der Waals surface area (Å²) in [7, 11) is 0. The normalized spacial score (nSPS) is 17.2. The van der Waals surface area contributed by atoms with Crippen molar-refractivity contribution in [1.29, 1.82) is 0 Å². The van der Waals surface area contributed by atoms with Crippen molar-refractivity contribution in [3.05, 3.63) is 77.1 Å². The fourth-order valence-electron chi connectivity index (χ4n) is 5.40. The molecule has 0 saturated heterocycles. The average molecular weight is 451 g/mol. The molecule has 1 saturated carbocycles. The number of benzene rings is 2. The Labute approximate surface area is 198 Å². The van der Waals surface area contributed by atoms with Crippen LogP contribution in [0.2, 0.25) is 0 Å². The zero-order valence-corrected chi connectivity index (χ0v) is 19.2. The average Bonchev–Trinajstić information content (AvgIpc) is 3.22. The van der Waals surface area contributed by atoms with E-state index in [2.05, 4.69) is 55.6 Å². The van der Waals surface area contributed by atoms with E-state index >= 15 is 0 Å². The molecule has 2 aromatic heterocycles. The minimum Gasteiger partial charge on any atom is -0.311 e. The smallest absolute Gasteiger partial charge is 0.258 e. The number of amides is 1. The van der Waals surface area contributed by atoms with E-state index in [1.807, 2.05) is 29.4 Å². The SMILES string of the molecule is Cc1cc2c(cc1-n1cnc(C3CC3)c1)C(=O)N(c1cccc(-c3nnc4n3CCC4)c1)CC2. The van der Waals surface area contributed by atoms with E-state index < -0.39 is 0 Å². The molecule has 0 unspecified atom stereocenters. The Morgan fingerprint density at radius 3 is 2.82 bits per heavy atom. The molecule has 170 valence electrons.